The average Bonchev–Trinajstić information content (AvgIpc) is 2.91. The van der Waals surface area contributed by atoms with Crippen LogP contribution in [0.25, 0.3) is 0 Å². The molecule has 0 heterocycles. The first-order valence-electron chi connectivity index (χ1n) is 12.6. The van der Waals surface area contributed by atoms with Gasteiger partial charge in [-0.1, -0.05) is 60.5 Å². The van der Waals surface area contributed by atoms with Crippen LogP contribution in [0, 0.1) is 12.7 Å². The third-order valence-corrected chi connectivity index (χ3v) is 8.47. The molecule has 0 aliphatic rings. The molecule has 7 nitrogen and oxygen atoms in total. The summed E-state index contributed by atoms with van der Waals surface area (Å²) in [7, 11) is -4.34. The second kappa shape index (κ2) is 13.1. The number of para-hydroxylation sites is 1. The minimum atomic E-state index is -4.34. The monoisotopic (exact) mass is 573 g/mol. The van der Waals surface area contributed by atoms with Gasteiger partial charge in [0.1, 0.15) is 18.4 Å². The van der Waals surface area contributed by atoms with Crippen LogP contribution in [0.15, 0.2) is 77.7 Å². The lowest BCUT2D eigenvalue weighted by atomic mass is 10.1. The van der Waals surface area contributed by atoms with Crippen LogP contribution < -0.4 is 9.62 Å². The SMILES string of the molecule is CCC(C)NC(=O)C(C)N(Cc1ccc(Cl)cc1)C(=O)CN(c1ccccc1F)S(=O)(=O)c1ccc(C)cc1. The van der Waals surface area contributed by atoms with Gasteiger partial charge in [-0.3, -0.25) is 13.9 Å². The first kappa shape index (κ1) is 30.1. The maximum atomic E-state index is 14.9. The van der Waals surface area contributed by atoms with E-state index in [4.69, 9.17) is 11.6 Å². The Morgan fingerprint density at radius 1 is 0.974 bits per heavy atom. The van der Waals surface area contributed by atoms with Crippen molar-refractivity contribution >= 4 is 39.1 Å². The number of benzene rings is 3. The first-order chi connectivity index (χ1) is 18.4. The summed E-state index contributed by atoms with van der Waals surface area (Å²) in [6.45, 7) is 6.47. The van der Waals surface area contributed by atoms with E-state index in [1.54, 1.807) is 43.3 Å². The van der Waals surface area contributed by atoms with Gasteiger partial charge in [-0.05, 0) is 69.2 Å². The summed E-state index contributed by atoms with van der Waals surface area (Å²) in [5, 5.41) is 3.38. The zero-order valence-corrected chi connectivity index (χ0v) is 24.0. The molecule has 0 fully saturated rings. The number of hydrogen-bond acceptors (Lipinski definition) is 4. The van der Waals surface area contributed by atoms with Crippen molar-refractivity contribution in [1.29, 1.82) is 0 Å². The number of anilines is 1. The lowest BCUT2D eigenvalue weighted by Crippen LogP contribution is -2.52. The van der Waals surface area contributed by atoms with Crippen LogP contribution in [0.3, 0.4) is 0 Å². The van der Waals surface area contributed by atoms with E-state index in [1.807, 2.05) is 20.8 Å². The number of carbonyl (C=O) groups is 2. The van der Waals surface area contributed by atoms with Crippen molar-refractivity contribution in [2.24, 2.45) is 0 Å². The van der Waals surface area contributed by atoms with Gasteiger partial charge in [0.25, 0.3) is 10.0 Å². The molecule has 0 bridgehead atoms. The van der Waals surface area contributed by atoms with Crippen LogP contribution in [-0.4, -0.2) is 43.8 Å². The molecule has 208 valence electrons. The Balaban J connectivity index is 2.03. The van der Waals surface area contributed by atoms with Crippen molar-refractivity contribution in [3.8, 4) is 0 Å². The van der Waals surface area contributed by atoms with E-state index >= 15 is 0 Å². The standard InChI is InChI=1S/C29H33ClFN3O4S/c1-5-21(3)32-29(36)22(4)33(18-23-12-14-24(30)15-13-23)28(35)19-34(27-9-7-6-8-26(27)31)39(37,38)25-16-10-20(2)11-17-25/h6-17,21-22H,5,18-19H2,1-4H3,(H,32,36). The van der Waals surface area contributed by atoms with Crippen LogP contribution in [0.4, 0.5) is 10.1 Å². The minimum absolute atomic E-state index is 0.0147. The topological polar surface area (TPSA) is 86.8 Å². The second-order valence-electron chi connectivity index (χ2n) is 9.42. The zero-order chi connectivity index (χ0) is 28.7. The largest absolute Gasteiger partial charge is 0.352 e. The molecule has 2 amide bonds. The molecule has 0 aliphatic carbocycles. The number of carbonyl (C=O) groups excluding carboxylic acids is 2. The highest BCUT2D eigenvalue weighted by atomic mass is 35.5. The van der Waals surface area contributed by atoms with Crippen LogP contribution in [0.5, 0.6) is 0 Å². The minimum Gasteiger partial charge on any atom is -0.352 e. The van der Waals surface area contributed by atoms with Gasteiger partial charge in [-0.15, -0.1) is 0 Å². The summed E-state index contributed by atoms with van der Waals surface area (Å²) in [5.41, 5.74) is 1.27. The number of aryl methyl sites for hydroxylation is 1. The summed E-state index contributed by atoms with van der Waals surface area (Å²) >= 11 is 6.01. The van der Waals surface area contributed by atoms with Gasteiger partial charge in [0.2, 0.25) is 11.8 Å². The molecule has 0 saturated carbocycles. The highest BCUT2D eigenvalue weighted by Crippen LogP contribution is 2.27. The lowest BCUT2D eigenvalue weighted by molar-refractivity contribution is -0.139. The highest BCUT2D eigenvalue weighted by Gasteiger charge is 2.33. The normalized spacial score (nSPS) is 12.9. The van der Waals surface area contributed by atoms with Crippen molar-refractivity contribution in [3.63, 3.8) is 0 Å². The van der Waals surface area contributed by atoms with Crippen molar-refractivity contribution in [1.82, 2.24) is 10.2 Å². The van der Waals surface area contributed by atoms with E-state index < -0.39 is 34.3 Å². The van der Waals surface area contributed by atoms with E-state index in [0.717, 1.165) is 15.9 Å². The fourth-order valence-corrected chi connectivity index (χ4v) is 5.39. The fraction of sp³-hybridized carbons (Fsp3) is 0.310. The van der Waals surface area contributed by atoms with Gasteiger partial charge in [0.15, 0.2) is 0 Å². The number of rotatable bonds is 11. The number of hydrogen-bond donors (Lipinski definition) is 1. The van der Waals surface area contributed by atoms with Gasteiger partial charge in [0.05, 0.1) is 10.6 Å². The maximum Gasteiger partial charge on any atom is 0.264 e. The Hall–Kier alpha value is -3.43. The van der Waals surface area contributed by atoms with Gasteiger partial charge >= 0.3 is 0 Å². The van der Waals surface area contributed by atoms with Crippen LogP contribution in [-0.2, 0) is 26.2 Å². The molecule has 2 unspecified atom stereocenters. The summed E-state index contributed by atoms with van der Waals surface area (Å²) in [4.78, 5) is 28.1. The Bertz CT molecular complexity index is 1400. The molecule has 3 rings (SSSR count). The van der Waals surface area contributed by atoms with E-state index in [1.165, 1.54) is 35.2 Å². The fourth-order valence-electron chi connectivity index (χ4n) is 3.84. The summed E-state index contributed by atoms with van der Waals surface area (Å²) < 4.78 is 43.2. The third-order valence-electron chi connectivity index (χ3n) is 6.44. The Morgan fingerprint density at radius 2 is 1.59 bits per heavy atom. The van der Waals surface area contributed by atoms with Gasteiger partial charge in [-0.2, -0.15) is 0 Å². The number of amides is 2. The molecule has 0 aliphatic heterocycles. The lowest BCUT2D eigenvalue weighted by Gasteiger charge is -2.32. The number of sulfonamides is 1. The van der Waals surface area contributed by atoms with Crippen molar-refractivity contribution < 1.29 is 22.4 Å². The summed E-state index contributed by atoms with van der Waals surface area (Å²) in [6, 6.07) is 17.2. The van der Waals surface area contributed by atoms with Crippen molar-refractivity contribution in [2.45, 2.75) is 57.6 Å². The number of nitrogens with zero attached hydrogens (tertiary/aromatic N) is 2. The van der Waals surface area contributed by atoms with Crippen LogP contribution in [0.1, 0.15) is 38.3 Å². The molecule has 0 spiro atoms. The number of halogens is 2. The summed E-state index contributed by atoms with van der Waals surface area (Å²) in [5.74, 6) is -1.85. The molecule has 10 heteroatoms. The molecule has 3 aromatic carbocycles. The van der Waals surface area contributed by atoms with Gasteiger partial charge in [0, 0.05) is 17.6 Å². The molecule has 2 atom stereocenters. The molecule has 0 radical (unpaired) electrons. The van der Waals surface area contributed by atoms with Crippen LogP contribution >= 0.6 is 11.6 Å². The quantitative estimate of drug-likeness (QED) is 0.337. The Kier molecular flexibility index (Phi) is 10.1. The first-order valence-corrected chi connectivity index (χ1v) is 14.4. The molecule has 1 N–H and O–H groups in total. The molecule has 39 heavy (non-hydrogen) atoms. The van der Waals surface area contributed by atoms with E-state index in [2.05, 4.69) is 5.32 Å². The Labute approximate surface area is 234 Å². The second-order valence-corrected chi connectivity index (χ2v) is 11.7. The maximum absolute atomic E-state index is 14.9. The van der Waals surface area contributed by atoms with Gasteiger partial charge < -0.3 is 10.2 Å². The van der Waals surface area contributed by atoms with E-state index in [-0.39, 0.29) is 29.1 Å². The molecular weight excluding hydrogens is 541 g/mol. The van der Waals surface area contributed by atoms with E-state index in [0.29, 0.717) is 17.0 Å². The summed E-state index contributed by atoms with van der Waals surface area (Å²) in [6.07, 6.45) is 0.694. The predicted octanol–water partition coefficient (Wildman–Crippen LogP) is 5.31. The highest BCUT2D eigenvalue weighted by molar-refractivity contribution is 7.92. The smallest absolute Gasteiger partial charge is 0.264 e. The van der Waals surface area contributed by atoms with E-state index in [9.17, 15) is 22.4 Å². The predicted molar refractivity (Wildman–Crippen MR) is 151 cm³/mol. The third kappa shape index (κ3) is 7.58. The zero-order valence-electron chi connectivity index (χ0n) is 22.4. The van der Waals surface area contributed by atoms with Crippen molar-refractivity contribution in [3.05, 3.63) is 94.8 Å². The molecule has 3 aromatic rings. The Morgan fingerprint density at radius 3 is 2.18 bits per heavy atom. The average molecular weight is 574 g/mol. The molecule has 0 saturated heterocycles. The molecular formula is C29H33ClFN3O4S. The van der Waals surface area contributed by atoms with Gasteiger partial charge in [-0.25, -0.2) is 12.8 Å². The van der Waals surface area contributed by atoms with Crippen molar-refractivity contribution in [2.75, 3.05) is 10.8 Å². The number of nitrogens with one attached hydrogen (secondary N) is 1. The van der Waals surface area contributed by atoms with Crippen LogP contribution in [0.2, 0.25) is 5.02 Å². The molecule has 0 aromatic heterocycles.